The van der Waals surface area contributed by atoms with Gasteiger partial charge in [-0.1, -0.05) is 12.1 Å². The third kappa shape index (κ3) is 3.92. The topological polar surface area (TPSA) is 3.24 Å². The van der Waals surface area contributed by atoms with Crippen LogP contribution in [0.4, 0.5) is 13.2 Å². The molecule has 1 heterocycles. The Morgan fingerprint density at radius 3 is 2.17 bits per heavy atom. The molecular formula is C13H16F3NS. The smallest absolute Gasteiger partial charge is 0.306 e. The van der Waals surface area contributed by atoms with Crippen molar-refractivity contribution in [2.45, 2.75) is 29.2 Å². The number of thioether (sulfide) groups is 1. The molecule has 100 valence electrons. The van der Waals surface area contributed by atoms with Crippen LogP contribution in [0, 0.1) is 0 Å². The molecule has 0 N–H and O–H groups in total. The van der Waals surface area contributed by atoms with Crippen LogP contribution in [0.2, 0.25) is 0 Å². The second-order valence-corrected chi connectivity index (χ2v) is 5.83. The van der Waals surface area contributed by atoms with Gasteiger partial charge in [-0.25, -0.2) is 0 Å². The predicted octanol–water partition coefficient (Wildman–Crippen LogP) is 4.11. The summed E-state index contributed by atoms with van der Waals surface area (Å²) in [5.74, 6) is 0.492. The van der Waals surface area contributed by atoms with Crippen LogP contribution in [0.25, 0.3) is 0 Å². The van der Waals surface area contributed by atoms with Gasteiger partial charge in [-0.05, 0) is 68.4 Å². The zero-order chi connectivity index (χ0) is 13.2. The molecule has 1 saturated heterocycles. The van der Waals surface area contributed by atoms with E-state index in [0.717, 1.165) is 31.5 Å². The molecule has 1 aliphatic rings. The van der Waals surface area contributed by atoms with Gasteiger partial charge in [0.25, 0.3) is 0 Å². The van der Waals surface area contributed by atoms with E-state index in [9.17, 15) is 13.2 Å². The lowest BCUT2D eigenvalue weighted by Crippen LogP contribution is -2.29. The molecule has 0 spiro atoms. The summed E-state index contributed by atoms with van der Waals surface area (Å²) in [6, 6.07) is 6.83. The zero-order valence-electron chi connectivity index (χ0n) is 10.2. The lowest BCUT2D eigenvalue weighted by atomic mass is 9.90. The first-order chi connectivity index (χ1) is 8.44. The zero-order valence-corrected chi connectivity index (χ0v) is 11.0. The molecule has 18 heavy (non-hydrogen) atoms. The molecule has 1 aromatic carbocycles. The average molecular weight is 275 g/mol. The van der Waals surface area contributed by atoms with E-state index in [-0.39, 0.29) is 16.7 Å². The number of rotatable bonds is 2. The summed E-state index contributed by atoms with van der Waals surface area (Å²) in [5.41, 5.74) is -3.04. The molecule has 0 saturated carbocycles. The fourth-order valence-electron chi connectivity index (χ4n) is 2.28. The molecular weight excluding hydrogens is 259 g/mol. The minimum Gasteiger partial charge on any atom is -0.306 e. The van der Waals surface area contributed by atoms with Gasteiger partial charge < -0.3 is 4.90 Å². The first-order valence-electron chi connectivity index (χ1n) is 5.98. The highest BCUT2D eigenvalue weighted by molar-refractivity contribution is 8.00. The van der Waals surface area contributed by atoms with Crippen molar-refractivity contribution >= 4 is 11.8 Å². The Bertz CT molecular complexity index is 380. The van der Waals surface area contributed by atoms with E-state index < -0.39 is 5.51 Å². The van der Waals surface area contributed by atoms with Gasteiger partial charge in [-0.15, -0.1) is 0 Å². The first kappa shape index (κ1) is 13.7. The van der Waals surface area contributed by atoms with Crippen molar-refractivity contribution in [3.8, 4) is 0 Å². The summed E-state index contributed by atoms with van der Waals surface area (Å²) in [6.45, 7) is 2.12. The number of nitrogens with zero attached hydrogens (tertiary/aromatic N) is 1. The van der Waals surface area contributed by atoms with Gasteiger partial charge in [0.1, 0.15) is 0 Å². The maximum absolute atomic E-state index is 12.2. The summed E-state index contributed by atoms with van der Waals surface area (Å²) in [4.78, 5) is 2.55. The van der Waals surface area contributed by atoms with E-state index in [1.54, 1.807) is 12.1 Å². The van der Waals surface area contributed by atoms with Gasteiger partial charge in [0, 0.05) is 4.90 Å². The quantitative estimate of drug-likeness (QED) is 0.747. The standard InChI is InChI=1S/C13H16F3NS/c1-17-8-6-11(7-9-17)10-2-4-12(5-3-10)18-13(14,15)16/h2-5,11H,6-9H2,1H3. The van der Waals surface area contributed by atoms with E-state index in [0.29, 0.717) is 5.92 Å². The number of benzene rings is 1. The fourth-order valence-corrected chi connectivity index (χ4v) is 2.82. The number of likely N-dealkylation sites (tertiary alicyclic amines) is 1. The molecule has 0 aromatic heterocycles. The van der Waals surface area contributed by atoms with Crippen molar-refractivity contribution in [3.63, 3.8) is 0 Å². The van der Waals surface area contributed by atoms with Crippen molar-refractivity contribution in [1.82, 2.24) is 4.90 Å². The van der Waals surface area contributed by atoms with Gasteiger partial charge >= 0.3 is 5.51 Å². The third-order valence-electron chi connectivity index (χ3n) is 3.30. The van der Waals surface area contributed by atoms with Crippen molar-refractivity contribution in [3.05, 3.63) is 29.8 Å². The molecule has 0 bridgehead atoms. The van der Waals surface area contributed by atoms with Crippen LogP contribution >= 0.6 is 11.8 Å². The molecule has 5 heteroatoms. The number of halogens is 3. The second kappa shape index (κ2) is 5.53. The van der Waals surface area contributed by atoms with Gasteiger partial charge in [-0.3, -0.25) is 0 Å². The Kier molecular flexibility index (Phi) is 4.22. The van der Waals surface area contributed by atoms with Crippen LogP contribution in [-0.4, -0.2) is 30.5 Å². The Labute approximate surface area is 109 Å². The summed E-state index contributed by atoms with van der Waals surface area (Å²) >= 11 is -0.0517. The normalized spacial score (nSPS) is 19.1. The Hall–Kier alpha value is -0.680. The molecule has 1 aliphatic heterocycles. The van der Waals surface area contributed by atoms with Crippen molar-refractivity contribution in [2.24, 2.45) is 0 Å². The van der Waals surface area contributed by atoms with Crippen LogP contribution in [0.15, 0.2) is 29.2 Å². The molecule has 2 rings (SSSR count). The van der Waals surface area contributed by atoms with Gasteiger partial charge in [0.15, 0.2) is 0 Å². The Morgan fingerprint density at radius 2 is 1.67 bits per heavy atom. The van der Waals surface area contributed by atoms with Crippen LogP contribution in [0.1, 0.15) is 24.3 Å². The Morgan fingerprint density at radius 1 is 1.11 bits per heavy atom. The number of alkyl halides is 3. The molecule has 0 unspecified atom stereocenters. The highest BCUT2D eigenvalue weighted by Gasteiger charge is 2.29. The summed E-state index contributed by atoms with van der Waals surface area (Å²) in [6.07, 6.45) is 2.17. The highest BCUT2D eigenvalue weighted by Crippen LogP contribution is 2.37. The van der Waals surface area contributed by atoms with Crippen molar-refractivity contribution in [2.75, 3.05) is 20.1 Å². The molecule has 0 atom stereocenters. The molecule has 0 radical (unpaired) electrons. The second-order valence-electron chi connectivity index (χ2n) is 4.69. The van der Waals surface area contributed by atoms with Crippen LogP contribution in [-0.2, 0) is 0 Å². The molecule has 1 nitrogen and oxygen atoms in total. The van der Waals surface area contributed by atoms with E-state index >= 15 is 0 Å². The van der Waals surface area contributed by atoms with Gasteiger partial charge in [0.05, 0.1) is 0 Å². The first-order valence-corrected chi connectivity index (χ1v) is 6.80. The maximum Gasteiger partial charge on any atom is 0.446 e. The predicted molar refractivity (Wildman–Crippen MR) is 67.8 cm³/mol. The lowest BCUT2D eigenvalue weighted by Gasteiger charge is -2.29. The summed E-state index contributed by atoms with van der Waals surface area (Å²) in [5, 5.41) is 0. The van der Waals surface area contributed by atoms with Crippen LogP contribution < -0.4 is 0 Å². The van der Waals surface area contributed by atoms with Crippen molar-refractivity contribution < 1.29 is 13.2 Å². The number of piperidine rings is 1. The van der Waals surface area contributed by atoms with Gasteiger partial charge in [-0.2, -0.15) is 13.2 Å². The van der Waals surface area contributed by atoms with Crippen molar-refractivity contribution in [1.29, 1.82) is 0 Å². The third-order valence-corrected chi connectivity index (χ3v) is 4.04. The maximum atomic E-state index is 12.2. The van der Waals surface area contributed by atoms with E-state index in [1.807, 2.05) is 12.1 Å². The minimum atomic E-state index is -4.20. The number of hydrogen-bond donors (Lipinski definition) is 0. The molecule has 1 fully saturated rings. The molecule has 0 amide bonds. The lowest BCUT2D eigenvalue weighted by molar-refractivity contribution is -0.0328. The summed E-state index contributed by atoms with van der Waals surface area (Å²) in [7, 11) is 2.10. The van der Waals surface area contributed by atoms with Gasteiger partial charge in [0.2, 0.25) is 0 Å². The Balaban J connectivity index is 1.99. The molecule has 1 aromatic rings. The summed E-state index contributed by atoms with van der Waals surface area (Å²) < 4.78 is 36.6. The van der Waals surface area contributed by atoms with E-state index in [4.69, 9.17) is 0 Å². The largest absolute Gasteiger partial charge is 0.446 e. The monoisotopic (exact) mass is 275 g/mol. The van der Waals surface area contributed by atoms with E-state index in [1.165, 1.54) is 0 Å². The average Bonchev–Trinajstić information content (AvgIpc) is 2.29. The van der Waals surface area contributed by atoms with Crippen LogP contribution in [0.5, 0.6) is 0 Å². The minimum absolute atomic E-state index is 0.0517. The SMILES string of the molecule is CN1CCC(c2ccc(SC(F)(F)F)cc2)CC1. The molecule has 0 aliphatic carbocycles. The number of hydrogen-bond acceptors (Lipinski definition) is 2. The highest BCUT2D eigenvalue weighted by atomic mass is 32.2. The fraction of sp³-hybridized carbons (Fsp3) is 0.538. The van der Waals surface area contributed by atoms with Crippen LogP contribution in [0.3, 0.4) is 0 Å². The van der Waals surface area contributed by atoms with E-state index in [2.05, 4.69) is 11.9 Å².